The van der Waals surface area contributed by atoms with Crippen LogP contribution in [-0.2, 0) is 4.74 Å². The van der Waals surface area contributed by atoms with Crippen LogP contribution in [0.4, 0.5) is 0 Å². The summed E-state index contributed by atoms with van der Waals surface area (Å²) in [6.45, 7) is 13.0. The molecule has 0 amide bonds. The molecule has 1 fully saturated rings. The van der Waals surface area contributed by atoms with Gasteiger partial charge in [0.05, 0.1) is 12.2 Å². The van der Waals surface area contributed by atoms with E-state index in [2.05, 4.69) is 46.6 Å². The quantitative estimate of drug-likeness (QED) is 0.573. The average molecular weight is 185 g/mol. The van der Waals surface area contributed by atoms with Gasteiger partial charge >= 0.3 is 0 Å². The molecular weight excluding hydrogens is 162 g/mol. The molecule has 1 heterocycles. The van der Waals surface area contributed by atoms with Gasteiger partial charge < -0.3 is 4.74 Å². The summed E-state index contributed by atoms with van der Waals surface area (Å²) >= 11 is 0. The van der Waals surface area contributed by atoms with Gasteiger partial charge in [0.15, 0.2) is 0 Å². The monoisotopic (exact) mass is 185 g/mol. The van der Waals surface area contributed by atoms with Crippen molar-refractivity contribution >= 4 is 0 Å². The SMILES string of the molecule is C[C@H]1CO[C@](C)(C(C)(C)C)CN1C. The smallest absolute Gasteiger partial charge is 0.0829 e. The summed E-state index contributed by atoms with van der Waals surface area (Å²) in [5.41, 5.74) is 0.204. The molecular formula is C11H23NO. The van der Waals surface area contributed by atoms with Gasteiger partial charge in [-0.3, -0.25) is 4.90 Å². The molecule has 1 rings (SSSR count). The number of ether oxygens (including phenoxy) is 1. The molecule has 0 radical (unpaired) electrons. The lowest BCUT2D eigenvalue weighted by Gasteiger charge is -2.49. The molecule has 0 aliphatic carbocycles. The average Bonchev–Trinajstić information content (AvgIpc) is 1.95. The molecule has 0 N–H and O–H groups in total. The molecule has 0 spiro atoms. The molecule has 1 saturated heterocycles. The zero-order valence-electron chi connectivity index (χ0n) is 9.85. The third-order valence-corrected chi connectivity index (χ3v) is 3.53. The van der Waals surface area contributed by atoms with Crippen LogP contribution in [0, 0.1) is 5.41 Å². The Hall–Kier alpha value is -0.0800. The summed E-state index contributed by atoms with van der Waals surface area (Å²) in [6, 6.07) is 0.551. The van der Waals surface area contributed by atoms with E-state index in [4.69, 9.17) is 4.74 Å². The van der Waals surface area contributed by atoms with Crippen LogP contribution in [0.3, 0.4) is 0 Å². The summed E-state index contributed by atoms with van der Waals surface area (Å²) in [4.78, 5) is 2.38. The number of rotatable bonds is 0. The van der Waals surface area contributed by atoms with E-state index in [9.17, 15) is 0 Å². The molecule has 0 aromatic carbocycles. The van der Waals surface area contributed by atoms with E-state index in [1.54, 1.807) is 0 Å². The molecule has 2 nitrogen and oxygen atoms in total. The maximum Gasteiger partial charge on any atom is 0.0829 e. The third kappa shape index (κ3) is 2.05. The Morgan fingerprint density at radius 3 is 2.31 bits per heavy atom. The zero-order chi connectivity index (χ0) is 10.3. The predicted molar refractivity (Wildman–Crippen MR) is 55.9 cm³/mol. The molecule has 2 heteroatoms. The fourth-order valence-corrected chi connectivity index (χ4v) is 1.56. The van der Waals surface area contributed by atoms with Crippen molar-refractivity contribution in [3.05, 3.63) is 0 Å². The van der Waals surface area contributed by atoms with Crippen LogP contribution in [0.5, 0.6) is 0 Å². The third-order valence-electron chi connectivity index (χ3n) is 3.53. The van der Waals surface area contributed by atoms with Gasteiger partial charge in [0.25, 0.3) is 0 Å². The van der Waals surface area contributed by atoms with E-state index >= 15 is 0 Å². The first kappa shape index (κ1) is 11.0. The van der Waals surface area contributed by atoms with Gasteiger partial charge in [0.1, 0.15) is 0 Å². The van der Waals surface area contributed by atoms with Crippen LogP contribution in [0.25, 0.3) is 0 Å². The number of likely N-dealkylation sites (N-methyl/N-ethyl adjacent to an activating group) is 1. The molecule has 0 aromatic heterocycles. The molecule has 2 atom stereocenters. The second-order valence-corrected chi connectivity index (χ2v) is 5.56. The summed E-state index contributed by atoms with van der Waals surface area (Å²) in [5.74, 6) is 0. The number of hydrogen-bond acceptors (Lipinski definition) is 2. The highest BCUT2D eigenvalue weighted by molar-refractivity contribution is 4.94. The van der Waals surface area contributed by atoms with Gasteiger partial charge in [-0.15, -0.1) is 0 Å². The highest BCUT2D eigenvalue weighted by Gasteiger charge is 2.42. The fourth-order valence-electron chi connectivity index (χ4n) is 1.56. The highest BCUT2D eigenvalue weighted by atomic mass is 16.5. The first-order chi connectivity index (χ1) is 5.76. The van der Waals surface area contributed by atoms with Crippen LogP contribution < -0.4 is 0 Å². The van der Waals surface area contributed by atoms with Gasteiger partial charge in [-0.05, 0) is 26.3 Å². The van der Waals surface area contributed by atoms with Gasteiger partial charge in [-0.2, -0.15) is 0 Å². The number of hydrogen-bond donors (Lipinski definition) is 0. The van der Waals surface area contributed by atoms with Crippen molar-refractivity contribution in [3.63, 3.8) is 0 Å². The molecule has 0 aromatic rings. The number of morpholine rings is 1. The molecule has 0 bridgehead atoms. The Bertz CT molecular complexity index is 185. The normalized spacial score (nSPS) is 37.8. The van der Waals surface area contributed by atoms with E-state index in [1.807, 2.05) is 0 Å². The van der Waals surface area contributed by atoms with Gasteiger partial charge in [-0.1, -0.05) is 20.8 Å². The van der Waals surface area contributed by atoms with E-state index < -0.39 is 0 Å². The van der Waals surface area contributed by atoms with Crippen molar-refractivity contribution in [2.75, 3.05) is 20.2 Å². The molecule has 1 aliphatic heterocycles. The summed E-state index contributed by atoms with van der Waals surface area (Å²) in [7, 11) is 2.18. The van der Waals surface area contributed by atoms with Crippen LogP contribution in [0.2, 0.25) is 0 Å². The Kier molecular flexibility index (Phi) is 2.75. The van der Waals surface area contributed by atoms with Crippen molar-refractivity contribution in [1.29, 1.82) is 0 Å². The van der Waals surface area contributed by atoms with E-state index in [0.29, 0.717) is 6.04 Å². The predicted octanol–water partition coefficient (Wildman–Crippen LogP) is 2.14. The Morgan fingerprint density at radius 2 is 1.92 bits per heavy atom. The minimum absolute atomic E-state index is 0.00569. The summed E-state index contributed by atoms with van der Waals surface area (Å²) in [5, 5.41) is 0. The van der Waals surface area contributed by atoms with Crippen LogP contribution in [-0.4, -0.2) is 36.7 Å². The molecule has 0 saturated carbocycles. The van der Waals surface area contributed by atoms with E-state index in [-0.39, 0.29) is 11.0 Å². The summed E-state index contributed by atoms with van der Waals surface area (Å²) < 4.78 is 5.97. The standard InChI is InChI=1S/C11H23NO/c1-9-7-13-11(5,8-12(9)6)10(2,3)4/h9H,7-8H2,1-6H3/t9-,11-/m0/s1. The Morgan fingerprint density at radius 1 is 1.38 bits per heavy atom. The van der Waals surface area contributed by atoms with Crippen molar-refractivity contribution in [1.82, 2.24) is 4.90 Å². The van der Waals surface area contributed by atoms with Crippen LogP contribution >= 0.6 is 0 Å². The Balaban J connectivity index is 2.73. The maximum atomic E-state index is 5.97. The second-order valence-electron chi connectivity index (χ2n) is 5.56. The van der Waals surface area contributed by atoms with Gasteiger partial charge in [0, 0.05) is 12.6 Å². The lowest BCUT2D eigenvalue weighted by Crippen LogP contribution is -2.58. The highest BCUT2D eigenvalue weighted by Crippen LogP contribution is 2.36. The maximum absolute atomic E-state index is 5.97. The van der Waals surface area contributed by atoms with Crippen molar-refractivity contribution in [3.8, 4) is 0 Å². The van der Waals surface area contributed by atoms with Crippen molar-refractivity contribution in [2.24, 2.45) is 5.41 Å². The Labute approximate surface area is 82.3 Å². The van der Waals surface area contributed by atoms with E-state index in [0.717, 1.165) is 13.2 Å². The van der Waals surface area contributed by atoms with Crippen molar-refractivity contribution in [2.45, 2.75) is 46.3 Å². The molecule has 78 valence electrons. The topological polar surface area (TPSA) is 12.5 Å². The van der Waals surface area contributed by atoms with Gasteiger partial charge in [-0.25, -0.2) is 0 Å². The lowest BCUT2D eigenvalue weighted by molar-refractivity contribution is -0.165. The lowest BCUT2D eigenvalue weighted by atomic mass is 9.76. The molecule has 1 aliphatic rings. The first-order valence-electron chi connectivity index (χ1n) is 5.10. The summed E-state index contributed by atoms with van der Waals surface area (Å²) in [6.07, 6.45) is 0. The first-order valence-corrected chi connectivity index (χ1v) is 5.10. The number of nitrogens with zero attached hydrogens (tertiary/aromatic N) is 1. The van der Waals surface area contributed by atoms with E-state index in [1.165, 1.54) is 0 Å². The minimum Gasteiger partial charge on any atom is -0.372 e. The molecule has 13 heavy (non-hydrogen) atoms. The van der Waals surface area contributed by atoms with Crippen LogP contribution in [0.1, 0.15) is 34.6 Å². The fraction of sp³-hybridized carbons (Fsp3) is 1.00. The van der Waals surface area contributed by atoms with Crippen LogP contribution in [0.15, 0.2) is 0 Å². The zero-order valence-corrected chi connectivity index (χ0v) is 9.85. The second kappa shape index (κ2) is 3.25. The molecule has 0 unspecified atom stereocenters. The van der Waals surface area contributed by atoms with Gasteiger partial charge in [0.2, 0.25) is 0 Å². The largest absolute Gasteiger partial charge is 0.372 e. The van der Waals surface area contributed by atoms with Crippen molar-refractivity contribution < 1.29 is 4.74 Å². The minimum atomic E-state index is -0.00569.